The van der Waals surface area contributed by atoms with Crippen molar-refractivity contribution >= 4 is 17.6 Å². The van der Waals surface area contributed by atoms with Gasteiger partial charge in [0.05, 0.1) is 7.11 Å². The molecule has 2 fully saturated rings. The Labute approximate surface area is 188 Å². The van der Waals surface area contributed by atoms with E-state index in [9.17, 15) is 4.39 Å². The highest BCUT2D eigenvalue weighted by molar-refractivity contribution is 6.30. The monoisotopic (exact) mass is 444 g/mol. The molecule has 166 valence electrons. The van der Waals surface area contributed by atoms with Gasteiger partial charge in [0.2, 0.25) is 0 Å². The third-order valence-corrected chi connectivity index (χ3v) is 6.40. The van der Waals surface area contributed by atoms with Crippen LogP contribution in [-0.4, -0.2) is 50.2 Å². The van der Waals surface area contributed by atoms with Crippen molar-refractivity contribution < 1.29 is 9.13 Å². The molecule has 1 aliphatic carbocycles. The lowest BCUT2D eigenvalue weighted by atomic mass is 10.0. The maximum absolute atomic E-state index is 13.9. The van der Waals surface area contributed by atoms with Crippen molar-refractivity contribution in [2.24, 2.45) is 4.99 Å². The number of rotatable bonds is 6. The number of hydrogen-bond donors (Lipinski definition) is 2. The lowest BCUT2D eigenvalue weighted by molar-refractivity contribution is 0.198. The molecule has 1 saturated carbocycles. The SMILES string of the molecule is CN=C(NC1CCN(Cc2ccc(OC)c(F)c2)CC1)NC1CC1c1cccc(Cl)c1. The Kier molecular flexibility index (Phi) is 6.98. The van der Waals surface area contributed by atoms with Crippen molar-refractivity contribution in [2.75, 3.05) is 27.2 Å². The van der Waals surface area contributed by atoms with E-state index in [-0.39, 0.29) is 5.82 Å². The Hall–Kier alpha value is -2.31. The molecular weight excluding hydrogens is 415 g/mol. The third-order valence-electron chi connectivity index (χ3n) is 6.16. The van der Waals surface area contributed by atoms with E-state index in [4.69, 9.17) is 16.3 Å². The molecule has 7 heteroatoms. The van der Waals surface area contributed by atoms with Crippen molar-refractivity contribution in [1.29, 1.82) is 0 Å². The fourth-order valence-corrected chi connectivity index (χ4v) is 4.50. The summed E-state index contributed by atoms with van der Waals surface area (Å²) in [5.41, 5.74) is 2.26. The highest BCUT2D eigenvalue weighted by Crippen LogP contribution is 2.41. The largest absolute Gasteiger partial charge is 0.494 e. The summed E-state index contributed by atoms with van der Waals surface area (Å²) in [6, 6.07) is 14.1. The number of ether oxygens (including phenoxy) is 1. The van der Waals surface area contributed by atoms with Gasteiger partial charge in [0.1, 0.15) is 0 Å². The van der Waals surface area contributed by atoms with E-state index in [0.717, 1.165) is 55.4 Å². The molecule has 31 heavy (non-hydrogen) atoms. The van der Waals surface area contributed by atoms with E-state index in [2.05, 4.69) is 32.7 Å². The Balaban J connectivity index is 1.22. The van der Waals surface area contributed by atoms with Gasteiger partial charge >= 0.3 is 0 Å². The average molecular weight is 445 g/mol. The van der Waals surface area contributed by atoms with Crippen LogP contribution in [0.25, 0.3) is 0 Å². The number of halogens is 2. The third kappa shape index (κ3) is 5.69. The van der Waals surface area contributed by atoms with Gasteiger partial charge in [0.25, 0.3) is 0 Å². The zero-order valence-electron chi connectivity index (χ0n) is 18.1. The Bertz CT molecular complexity index is 930. The number of nitrogens with zero attached hydrogens (tertiary/aromatic N) is 2. The number of methoxy groups -OCH3 is 1. The van der Waals surface area contributed by atoms with Crippen LogP contribution in [0.15, 0.2) is 47.5 Å². The van der Waals surface area contributed by atoms with Crippen LogP contribution in [0.3, 0.4) is 0 Å². The molecule has 2 aliphatic rings. The molecule has 2 aromatic rings. The first-order valence-electron chi connectivity index (χ1n) is 10.9. The van der Waals surface area contributed by atoms with Crippen LogP contribution < -0.4 is 15.4 Å². The first-order valence-corrected chi connectivity index (χ1v) is 11.2. The number of piperidine rings is 1. The molecule has 2 N–H and O–H groups in total. The first-order chi connectivity index (χ1) is 15.1. The summed E-state index contributed by atoms with van der Waals surface area (Å²) in [5, 5.41) is 7.92. The van der Waals surface area contributed by atoms with E-state index in [1.165, 1.54) is 12.7 Å². The summed E-state index contributed by atoms with van der Waals surface area (Å²) < 4.78 is 18.9. The summed E-state index contributed by atoms with van der Waals surface area (Å²) in [6.45, 7) is 2.69. The maximum atomic E-state index is 13.9. The maximum Gasteiger partial charge on any atom is 0.191 e. The quantitative estimate of drug-likeness (QED) is 0.518. The fraction of sp³-hybridized carbons (Fsp3) is 0.458. The van der Waals surface area contributed by atoms with E-state index in [0.29, 0.717) is 23.8 Å². The summed E-state index contributed by atoms with van der Waals surface area (Å²) >= 11 is 6.13. The van der Waals surface area contributed by atoms with Crippen LogP contribution in [0, 0.1) is 5.82 Å². The molecule has 2 atom stereocenters. The minimum Gasteiger partial charge on any atom is -0.494 e. The topological polar surface area (TPSA) is 48.9 Å². The highest BCUT2D eigenvalue weighted by Gasteiger charge is 2.39. The fourth-order valence-electron chi connectivity index (χ4n) is 4.30. The average Bonchev–Trinajstić information content (AvgIpc) is 3.54. The number of aliphatic imine (C=N–C) groups is 1. The van der Waals surface area contributed by atoms with Crippen molar-refractivity contribution in [3.63, 3.8) is 0 Å². The lowest BCUT2D eigenvalue weighted by Gasteiger charge is -2.33. The zero-order valence-corrected chi connectivity index (χ0v) is 18.8. The molecule has 0 amide bonds. The van der Waals surface area contributed by atoms with Crippen molar-refractivity contribution in [2.45, 2.75) is 43.8 Å². The Morgan fingerprint density at radius 2 is 2.00 bits per heavy atom. The minimum atomic E-state index is -0.303. The second-order valence-corrected chi connectivity index (χ2v) is 8.82. The predicted molar refractivity (Wildman–Crippen MR) is 123 cm³/mol. The Morgan fingerprint density at radius 3 is 2.68 bits per heavy atom. The second kappa shape index (κ2) is 9.88. The van der Waals surface area contributed by atoms with Gasteiger partial charge < -0.3 is 15.4 Å². The lowest BCUT2D eigenvalue weighted by Crippen LogP contribution is -2.49. The van der Waals surface area contributed by atoms with Gasteiger partial charge in [-0.25, -0.2) is 4.39 Å². The van der Waals surface area contributed by atoms with Crippen molar-refractivity contribution in [3.05, 3.63) is 64.4 Å². The van der Waals surface area contributed by atoms with Crippen molar-refractivity contribution in [1.82, 2.24) is 15.5 Å². The molecule has 0 aromatic heterocycles. The summed E-state index contributed by atoms with van der Waals surface area (Å²) in [5.74, 6) is 1.34. The van der Waals surface area contributed by atoms with Crippen LogP contribution in [-0.2, 0) is 6.54 Å². The molecule has 0 bridgehead atoms. The van der Waals surface area contributed by atoms with E-state index < -0.39 is 0 Å². The molecule has 1 heterocycles. The van der Waals surface area contributed by atoms with E-state index >= 15 is 0 Å². The van der Waals surface area contributed by atoms with Gasteiger partial charge in [-0.15, -0.1) is 0 Å². The molecule has 2 aromatic carbocycles. The predicted octanol–water partition coefficient (Wildman–Crippen LogP) is 4.17. The number of nitrogens with one attached hydrogen (secondary N) is 2. The number of hydrogen-bond acceptors (Lipinski definition) is 3. The summed E-state index contributed by atoms with van der Waals surface area (Å²) in [4.78, 5) is 6.79. The second-order valence-electron chi connectivity index (χ2n) is 8.38. The number of guanidine groups is 1. The first kappa shape index (κ1) is 21.9. The van der Waals surface area contributed by atoms with Gasteiger partial charge in [-0.1, -0.05) is 29.8 Å². The van der Waals surface area contributed by atoms with Gasteiger partial charge in [-0.3, -0.25) is 9.89 Å². The molecule has 2 unspecified atom stereocenters. The number of likely N-dealkylation sites (tertiary alicyclic amines) is 1. The summed E-state index contributed by atoms with van der Waals surface area (Å²) in [6.07, 6.45) is 3.15. The molecule has 1 aliphatic heterocycles. The van der Waals surface area contributed by atoms with Gasteiger partial charge in [-0.05, 0) is 54.7 Å². The van der Waals surface area contributed by atoms with Gasteiger partial charge in [0, 0.05) is 49.7 Å². The van der Waals surface area contributed by atoms with Crippen molar-refractivity contribution in [3.8, 4) is 5.75 Å². The molecule has 0 spiro atoms. The normalized spacial score (nSPS) is 22.3. The smallest absolute Gasteiger partial charge is 0.191 e. The van der Waals surface area contributed by atoms with E-state index in [1.54, 1.807) is 12.1 Å². The van der Waals surface area contributed by atoms with Crippen LogP contribution in [0.1, 0.15) is 36.3 Å². The number of benzene rings is 2. The Morgan fingerprint density at radius 1 is 1.19 bits per heavy atom. The van der Waals surface area contributed by atoms with Crippen LogP contribution >= 0.6 is 11.6 Å². The van der Waals surface area contributed by atoms with Crippen LogP contribution in [0.5, 0.6) is 5.75 Å². The zero-order chi connectivity index (χ0) is 21.8. The molecule has 0 radical (unpaired) electrons. The van der Waals surface area contributed by atoms with Gasteiger partial charge in [-0.2, -0.15) is 0 Å². The molecular formula is C24H30ClFN4O. The minimum absolute atomic E-state index is 0.291. The molecule has 1 saturated heterocycles. The van der Waals surface area contributed by atoms with E-state index in [1.807, 2.05) is 25.2 Å². The standard InChI is InChI=1S/C24H30ClFN4O/c1-27-24(29-22-14-20(22)17-4-3-5-18(25)13-17)28-19-8-10-30(11-9-19)15-16-6-7-23(31-2)21(26)12-16/h3-7,12-13,19-20,22H,8-11,14-15H2,1-2H3,(H2,27,28,29). The highest BCUT2D eigenvalue weighted by atomic mass is 35.5. The van der Waals surface area contributed by atoms with Crippen LogP contribution in [0.2, 0.25) is 5.02 Å². The van der Waals surface area contributed by atoms with Gasteiger partial charge in [0.15, 0.2) is 17.5 Å². The van der Waals surface area contributed by atoms with Crippen LogP contribution in [0.4, 0.5) is 4.39 Å². The molecule has 5 nitrogen and oxygen atoms in total. The molecule has 4 rings (SSSR count). The summed E-state index contributed by atoms with van der Waals surface area (Å²) in [7, 11) is 3.30.